The van der Waals surface area contributed by atoms with Crippen molar-refractivity contribution in [1.29, 1.82) is 0 Å². The fourth-order valence-electron chi connectivity index (χ4n) is 5.27. The molecule has 0 aliphatic heterocycles. The van der Waals surface area contributed by atoms with E-state index < -0.39 is 0 Å². The first kappa shape index (κ1) is 26.8. The van der Waals surface area contributed by atoms with E-state index >= 15 is 0 Å². The summed E-state index contributed by atoms with van der Waals surface area (Å²) >= 11 is 1.51. The van der Waals surface area contributed by atoms with Crippen LogP contribution < -0.4 is 10.5 Å². The van der Waals surface area contributed by atoms with Crippen molar-refractivity contribution in [2.45, 2.75) is 33.2 Å². The second-order valence-corrected chi connectivity index (χ2v) is 11.4. The topological polar surface area (TPSA) is 51.3 Å². The molecule has 0 spiro atoms. The van der Waals surface area contributed by atoms with Crippen LogP contribution in [-0.4, -0.2) is 23.1 Å². The van der Waals surface area contributed by atoms with E-state index in [1.807, 2.05) is 55.6 Å². The predicted molar refractivity (Wildman–Crippen MR) is 174 cm³/mol. The maximum atomic E-state index is 12.4. The summed E-state index contributed by atoms with van der Waals surface area (Å²) in [5.74, 6) is 0. The highest BCUT2D eigenvalue weighted by atomic mass is 32.1. The van der Waals surface area contributed by atoms with Crippen LogP contribution in [-0.2, 0) is 0 Å². The summed E-state index contributed by atoms with van der Waals surface area (Å²) in [5.41, 5.74) is 5.39. The maximum Gasteiger partial charge on any atom is 0.346 e. The highest BCUT2D eigenvalue weighted by Crippen LogP contribution is 2.33. The van der Waals surface area contributed by atoms with E-state index in [0.29, 0.717) is 22.2 Å². The van der Waals surface area contributed by atoms with Crippen LogP contribution in [0.5, 0.6) is 0 Å². The van der Waals surface area contributed by atoms with Crippen molar-refractivity contribution in [3.8, 4) is 10.6 Å². The molecule has 0 saturated carbocycles. The molecule has 3 heterocycles. The van der Waals surface area contributed by atoms with Gasteiger partial charge in [-0.2, -0.15) is 0 Å². The zero-order chi connectivity index (χ0) is 28.5. The van der Waals surface area contributed by atoms with Crippen LogP contribution in [0.15, 0.2) is 106 Å². The van der Waals surface area contributed by atoms with Crippen LogP contribution in [0.1, 0.15) is 33.2 Å². The summed E-state index contributed by atoms with van der Waals surface area (Å²) < 4.78 is 9.09. The molecular weight excluding hydrogens is 526 g/mol. The number of fused-ring (bicyclic) bond motifs is 5. The SMILES string of the molecule is CCC(C)n1c2ccccc2c2ccccc21.CCN(C)c1ccc2cc(-c3nc4ccccc4s3)c(=O)oc2c1. The average molecular weight is 560 g/mol. The van der Waals surface area contributed by atoms with E-state index in [9.17, 15) is 4.79 Å². The molecule has 6 heteroatoms. The fourth-order valence-corrected chi connectivity index (χ4v) is 6.24. The Hall–Kier alpha value is -4.42. The number of para-hydroxylation sites is 3. The highest BCUT2D eigenvalue weighted by Gasteiger charge is 2.14. The molecule has 0 saturated heterocycles. The van der Waals surface area contributed by atoms with Crippen LogP contribution in [0.4, 0.5) is 5.69 Å². The number of anilines is 1. The second-order valence-electron chi connectivity index (χ2n) is 10.3. The van der Waals surface area contributed by atoms with Gasteiger partial charge in [-0.3, -0.25) is 0 Å². The lowest BCUT2D eigenvalue weighted by Gasteiger charge is -2.16. The van der Waals surface area contributed by atoms with Crippen LogP contribution in [0, 0.1) is 0 Å². The second kappa shape index (κ2) is 11.2. The predicted octanol–water partition coefficient (Wildman–Crippen LogP) is 9.29. The number of benzene rings is 4. The molecule has 0 radical (unpaired) electrons. The minimum atomic E-state index is -0.349. The Balaban J connectivity index is 0.000000156. The van der Waals surface area contributed by atoms with Crippen molar-refractivity contribution in [2.24, 2.45) is 0 Å². The van der Waals surface area contributed by atoms with E-state index in [1.54, 1.807) is 0 Å². The minimum Gasteiger partial charge on any atom is -0.422 e. The number of nitrogens with zero attached hydrogens (tertiary/aromatic N) is 3. The molecule has 1 atom stereocenters. The summed E-state index contributed by atoms with van der Waals surface area (Å²) in [6.07, 6.45) is 1.16. The summed E-state index contributed by atoms with van der Waals surface area (Å²) in [4.78, 5) is 19.1. The zero-order valence-electron chi connectivity index (χ0n) is 23.8. The van der Waals surface area contributed by atoms with Crippen LogP contribution in [0.3, 0.4) is 0 Å². The van der Waals surface area contributed by atoms with Gasteiger partial charge in [0.2, 0.25) is 0 Å². The quantitative estimate of drug-likeness (QED) is 0.197. The molecule has 0 bridgehead atoms. The average Bonchev–Trinajstić information content (AvgIpc) is 3.59. The Morgan fingerprint density at radius 1 is 0.878 bits per heavy atom. The molecule has 0 N–H and O–H groups in total. The molecular formula is C35H33N3O2S. The molecule has 7 rings (SSSR count). The van der Waals surface area contributed by atoms with Crippen molar-refractivity contribution in [1.82, 2.24) is 9.55 Å². The smallest absolute Gasteiger partial charge is 0.346 e. The maximum absolute atomic E-state index is 12.4. The lowest BCUT2D eigenvalue weighted by molar-refractivity contribution is 0.563. The molecule has 1 unspecified atom stereocenters. The third-order valence-corrected chi connectivity index (χ3v) is 8.88. The number of thiazole rings is 1. The summed E-state index contributed by atoms with van der Waals surface area (Å²) in [7, 11) is 2.01. The summed E-state index contributed by atoms with van der Waals surface area (Å²) in [6.45, 7) is 7.50. The number of hydrogen-bond acceptors (Lipinski definition) is 5. The molecule has 4 aromatic carbocycles. The first-order valence-corrected chi connectivity index (χ1v) is 14.9. The van der Waals surface area contributed by atoms with Gasteiger partial charge in [0, 0.05) is 58.6 Å². The highest BCUT2D eigenvalue weighted by molar-refractivity contribution is 7.21. The lowest BCUT2D eigenvalue weighted by Crippen LogP contribution is -2.15. The van der Waals surface area contributed by atoms with Gasteiger partial charge in [-0.05, 0) is 62.7 Å². The molecule has 7 aromatic rings. The number of hydrogen-bond donors (Lipinski definition) is 0. The molecule has 0 aliphatic rings. The zero-order valence-corrected chi connectivity index (χ0v) is 24.6. The van der Waals surface area contributed by atoms with Gasteiger partial charge in [0.05, 0.1) is 15.8 Å². The van der Waals surface area contributed by atoms with Gasteiger partial charge in [-0.25, -0.2) is 9.78 Å². The molecule has 41 heavy (non-hydrogen) atoms. The summed E-state index contributed by atoms with van der Waals surface area (Å²) in [6, 6.07) is 33.6. The molecule has 206 valence electrons. The van der Waals surface area contributed by atoms with Gasteiger partial charge >= 0.3 is 5.63 Å². The van der Waals surface area contributed by atoms with Crippen molar-refractivity contribution in [3.63, 3.8) is 0 Å². The van der Waals surface area contributed by atoms with E-state index in [0.717, 1.165) is 34.3 Å². The lowest BCUT2D eigenvalue weighted by atomic mass is 10.1. The van der Waals surface area contributed by atoms with Crippen LogP contribution >= 0.6 is 11.3 Å². The Labute approximate surface area is 243 Å². The first-order valence-electron chi connectivity index (χ1n) is 14.1. The third kappa shape index (κ3) is 5.00. The van der Waals surface area contributed by atoms with Gasteiger partial charge in [-0.15, -0.1) is 11.3 Å². The Kier molecular flexibility index (Phi) is 7.33. The molecule has 3 aromatic heterocycles. The molecule has 5 nitrogen and oxygen atoms in total. The number of rotatable bonds is 5. The third-order valence-electron chi connectivity index (χ3n) is 7.81. The van der Waals surface area contributed by atoms with Gasteiger partial charge in [0.15, 0.2) is 0 Å². The van der Waals surface area contributed by atoms with Gasteiger partial charge in [0.1, 0.15) is 10.6 Å². The van der Waals surface area contributed by atoms with Gasteiger partial charge < -0.3 is 13.9 Å². The summed E-state index contributed by atoms with van der Waals surface area (Å²) in [5, 5.41) is 4.32. The van der Waals surface area contributed by atoms with Gasteiger partial charge in [-0.1, -0.05) is 55.5 Å². The van der Waals surface area contributed by atoms with Crippen molar-refractivity contribution in [3.05, 3.63) is 107 Å². The van der Waals surface area contributed by atoms with Crippen molar-refractivity contribution >= 4 is 60.0 Å². The Morgan fingerprint density at radius 3 is 2.20 bits per heavy atom. The number of aromatic nitrogens is 2. The largest absolute Gasteiger partial charge is 0.422 e. The molecule has 0 fully saturated rings. The van der Waals surface area contributed by atoms with Crippen molar-refractivity contribution < 1.29 is 4.42 Å². The first-order chi connectivity index (χ1) is 20.0. The normalized spacial score (nSPS) is 12.1. The molecule has 0 amide bonds. The van der Waals surface area contributed by atoms with E-state index in [-0.39, 0.29) is 5.63 Å². The fraction of sp³-hybridized carbons (Fsp3) is 0.200. The van der Waals surface area contributed by atoms with E-state index in [2.05, 4.69) is 83.8 Å². The van der Waals surface area contributed by atoms with Gasteiger partial charge in [0.25, 0.3) is 0 Å². The Morgan fingerprint density at radius 2 is 1.54 bits per heavy atom. The standard InChI is InChI=1S/C19H16N2O2S.C16H17N/c1-3-21(2)13-9-8-12-10-14(19(22)23-16(12)11-13)18-20-15-6-4-5-7-17(15)24-18;1-3-12(2)17-15-10-6-4-8-13(15)14-9-5-7-11-16(14)17/h4-11H,3H2,1-2H3;4-12H,3H2,1-2H3. The Bertz CT molecular complexity index is 1970. The monoisotopic (exact) mass is 559 g/mol. The molecule has 0 aliphatic carbocycles. The van der Waals surface area contributed by atoms with Crippen LogP contribution in [0.2, 0.25) is 0 Å². The van der Waals surface area contributed by atoms with Crippen LogP contribution in [0.25, 0.3) is 53.6 Å². The van der Waals surface area contributed by atoms with Crippen molar-refractivity contribution in [2.75, 3.05) is 18.5 Å². The van der Waals surface area contributed by atoms with E-state index in [1.165, 1.54) is 33.1 Å². The minimum absolute atomic E-state index is 0.349. The van der Waals surface area contributed by atoms with E-state index in [4.69, 9.17) is 4.42 Å².